The molecule has 1 unspecified atom stereocenters. The number of hydrogen-bond donors (Lipinski definition) is 1. The maximum absolute atomic E-state index is 12.9. The van der Waals surface area contributed by atoms with Crippen molar-refractivity contribution in [2.24, 2.45) is 4.99 Å². The fourth-order valence-corrected chi connectivity index (χ4v) is 3.43. The normalized spacial score (nSPS) is 15.1. The van der Waals surface area contributed by atoms with Crippen LogP contribution in [0.4, 0.5) is 11.4 Å². The molecule has 1 aliphatic heterocycles. The first-order valence-corrected chi connectivity index (χ1v) is 9.28. The van der Waals surface area contributed by atoms with E-state index in [0.717, 1.165) is 11.1 Å². The summed E-state index contributed by atoms with van der Waals surface area (Å²) in [6.45, 7) is 0. The van der Waals surface area contributed by atoms with Crippen molar-refractivity contribution in [1.82, 2.24) is 0 Å². The maximum atomic E-state index is 12.9. The summed E-state index contributed by atoms with van der Waals surface area (Å²) in [7, 11) is 1.31. The highest BCUT2D eigenvalue weighted by Crippen LogP contribution is 2.37. The number of anilines is 1. The largest absolute Gasteiger partial charge is 0.465 e. The van der Waals surface area contributed by atoms with Gasteiger partial charge in [-0.3, -0.25) is 9.79 Å². The van der Waals surface area contributed by atoms with E-state index >= 15 is 0 Å². The number of nitrogens with one attached hydrogen (secondary N) is 1. The summed E-state index contributed by atoms with van der Waals surface area (Å²) >= 11 is 0. The van der Waals surface area contributed by atoms with Crippen molar-refractivity contribution in [2.45, 2.75) is 5.92 Å². The lowest BCUT2D eigenvalue weighted by Crippen LogP contribution is -2.21. The molecule has 0 radical (unpaired) electrons. The van der Waals surface area contributed by atoms with Crippen molar-refractivity contribution >= 4 is 29.0 Å². The highest BCUT2D eigenvalue weighted by atomic mass is 16.5. The SMILES string of the molecule is COC(=O)c1ccc2c(c1)NC(=O)C2C(=Nc1ccc(C#N)cc1)c1ccccc1. The molecule has 0 fully saturated rings. The molecule has 4 rings (SSSR count). The first-order valence-electron chi connectivity index (χ1n) is 9.28. The first kappa shape index (κ1) is 19.1. The Kier molecular flexibility index (Phi) is 5.10. The van der Waals surface area contributed by atoms with Crippen LogP contribution >= 0.6 is 0 Å². The molecule has 30 heavy (non-hydrogen) atoms. The van der Waals surface area contributed by atoms with E-state index in [-0.39, 0.29) is 5.91 Å². The molecular formula is C24H17N3O3. The number of nitrogens with zero attached hydrogens (tertiary/aromatic N) is 2. The number of rotatable bonds is 4. The molecule has 6 heteroatoms. The number of hydrogen-bond acceptors (Lipinski definition) is 5. The number of methoxy groups -OCH3 is 1. The molecule has 146 valence electrons. The minimum atomic E-state index is -0.634. The monoisotopic (exact) mass is 395 g/mol. The number of carbonyl (C=O) groups excluding carboxylic acids is 2. The Balaban J connectivity index is 1.82. The van der Waals surface area contributed by atoms with Gasteiger partial charge in [-0.2, -0.15) is 5.26 Å². The van der Waals surface area contributed by atoms with Crippen LogP contribution in [0.15, 0.2) is 77.8 Å². The van der Waals surface area contributed by atoms with Gasteiger partial charge in [0.05, 0.1) is 35.7 Å². The van der Waals surface area contributed by atoms with E-state index < -0.39 is 11.9 Å². The van der Waals surface area contributed by atoms with Crippen LogP contribution in [0, 0.1) is 11.3 Å². The quantitative estimate of drug-likeness (QED) is 0.529. The molecule has 0 aliphatic carbocycles. The van der Waals surface area contributed by atoms with E-state index in [0.29, 0.717) is 28.2 Å². The van der Waals surface area contributed by atoms with Gasteiger partial charge in [0.1, 0.15) is 5.92 Å². The zero-order valence-corrected chi connectivity index (χ0v) is 16.1. The lowest BCUT2D eigenvalue weighted by Gasteiger charge is -2.14. The van der Waals surface area contributed by atoms with Crippen LogP contribution in [-0.4, -0.2) is 24.7 Å². The van der Waals surface area contributed by atoms with Crippen LogP contribution in [0.3, 0.4) is 0 Å². The number of fused-ring (bicyclic) bond motifs is 1. The zero-order valence-electron chi connectivity index (χ0n) is 16.1. The standard InChI is InChI=1S/C24H17N3O3/c1-30-24(29)17-9-12-19-20(13-17)27-23(28)21(19)22(16-5-3-2-4-6-16)26-18-10-7-15(14-25)8-11-18/h2-13,21H,1H3,(H,27,28). The van der Waals surface area contributed by atoms with Gasteiger partial charge in [0.25, 0.3) is 0 Å². The average Bonchev–Trinajstić information content (AvgIpc) is 3.12. The highest BCUT2D eigenvalue weighted by Gasteiger charge is 2.35. The average molecular weight is 395 g/mol. The zero-order chi connectivity index (χ0) is 21.1. The Morgan fingerprint density at radius 2 is 1.77 bits per heavy atom. The van der Waals surface area contributed by atoms with Crippen molar-refractivity contribution in [3.05, 3.63) is 95.1 Å². The van der Waals surface area contributed by atoms with Crippen LogP contribution in [0.5, 0.6) is 0 Å². The minimum absolute atomic E-state index is 0.219. The summed E-state index contributed by atoms with van der Waals surface area (Å²) in [5, 5.41) is 11.9. The lowest BCUT2D eigenvalue weighted by molar-refractivity contribution is -0.115. The van der Waals surface area contributed by atoms with Crippen LogP contribution in [0.1, 0.15) is 33.0 Å². The third kappa shape index (κ3) is 3.56. The molecule has 3 aromatic carbocycles. The highest BCUT2D eigenvalue weighted by molar-refractivity contribution is 6.24. The molecule has 1 atom stereocenters. The van der Waals surface area contributed by atoms with Crippen LogP contribution in [0.2, 0.25) is 0 Å². The molecule has 6 nitrogen and oxygen atoms in total. The molecular weight excluding hydrogens is 378 g/mol. The van der Waals surface area contributed by atoms with Crippen molar-refractivity contribution in [1.29, 1.82) is 5.26 Å². The van der Waals surface area contributed by atoms with Crippen molar-refractivity contribution in [3.8, 4) is 6.07 Å². The van der Waals surface area contributed by atoms with Gasteiger partial charge in [0, 0.05) is 5.69 Å². The van der Waals surface area contributed by atoms with Gasteiger partial charge in [-0.1, -0.05) is 36.4 Å². The molecule has 1 amide bonds. The number of aliphatic imine (C=N–C) groups is 1. The number of benzene rings is 3. The van der Waals surface area contributed by atoms with Crippen molar-refractivity contribution in [2.75, 3.05) is 12.4 Å². The Morgan fingerprint density at radius 1 is 1.03 bits per heavy atom. The molecule has 0 spiro atoms. The Morgan fingerprint density at radius 3 is 2.43 bits per heavy atom. The van der Waals surface area contributed by atoms with Crippen LogP contribution < -0.4 is 5.32 Å². The summed E-state index contributed by atoms with van der Waals surface area (Å²) in [5.41, 5.74) is 4.24. The number of amides is 1. The molecule has 0 saturated heterocycles. The van der Waals surface area contributed by atoms with Crippen LogP contribution in [-0.2, 0) is 9.53 Å². The van der Waals surface area contributed by atoms with Gasteiger partial charge >= 0.3 is 5.97 Å². The minimum Gasteiger partial charge on any atom is -0.465 e. The smallest absolute Gasteiger partial charge is 0.337 e. The third-order valence-electron chi connectivity index (χ3n) is 4.89. The van der Waals surface area contributed by atoms with E-state index in [4.69, 9.17) is 15.0 Å². The second-order valence-electron chi connectivity index (χ2n) is 6.74. The Labute approximate surface area is 173 Å². The van der Waals surface area contributed by atoms with Gasteiger partial charge in [-0.05, 0) is 47.5 Å². The molecule has 0 saturated carbocycles. The van der Waals surface area contributed by atoms with Crippen molar-refractivity contribution in [3.63, 3.8) is 0 Å². The molecule has 0 aromatic heterocycles. The fraction of sp³-hybridized carbons (Fsp3) is 0.0833. The summed E-state index contributed by atoms with van der Waals surface area (Å²) in [4.78, 5) is 29.5. The number of carbonyl (C=O) groups is 2. The van der Waals surface area contributed by atoms with E-state index in [1.165, 1.54) is 7.11 Å². The van der Waals surface area contributed by atoms with E-state index in [1.807, 2.05) is 30.3 Å². The number of ether oxygens (including phenoxy) is 1. The summed E-state index contributed by atoms with van der Waals surface area (Å²) < 4.78 is 4.77. The summed E-state index contributed by atoms with van der Waals surface area (Å²) in [5.74, 6) is -1.32. The second kappa shape index (κ2) is 8.02. The number of nitriles is 1. The van der Waals surface area contributed by atoms with Gasteiger partial charge in [-0.15, -0.1) is 0 Å². The maximum Gasteiger partial charge on any atom is 0.337 e. The van der Waals surface area contributed by atoms with Gasteiger partial charge in [0.15, 0.2) is 0 Å². The van der Waals surface area contributed by atoms with Crippen LogP contribution in [0.25, 0.3) is 0 Å². The first-order chi connectivity index (χ1) is 14.6. The predicted molar refractivity (Wildman–Crippen MR) is 113 cm³/mol. The van der Waals surface area contributed by atoms with E-state index in [1.54, 1.807) is 42.5 Å². The molecule has 1 N–H and O–H groups in total. The van der Waals surface area contributed by atoms with Gasteiger partial charge in [0.2, 0.25) is 5.91 Å². The lowest BCUT2D eigenvalue weighted by atomic mass is 9.90. The summed E-state index contributed by atoms with van der Waals surface area (Å²) in [6.07, 6.45) is 0. The Hall–Kier alpha value is -4.24. The van der Waals surface area contributed by atoms with E-state index in [9.17, 15) is 9.59 Å². The third-order valence-corrected chi connectivity index (χ3v) is 4.89. The fourth-order valence-electron chi connectivity index (χ4n) is 3.43. The molecule has 1 heterocycles. The molecule has 1 aliphatic rings. The molecule has 0 bridgehead atoms. The molecule has 3 aromatic rings. The van der Waals surface area contributed by atoms with Crippen molar-refractivity contribution < 1.29 is 14.3 Å². The van der Waals surface area contributed by atoms with Gasteiger partial charge in [-0.25, -0.2) is 4.79 Å². The topological polar surface area (TPSA) is 91.5 Å². The number of esters is 1. The second-order valence-corrected chi connectivity index (χ2v) is 6.74. The van der Waals surface area contributed by atoms with E-state index in [2.05, 4.69) is 11.4 Å². The van der Waals surface area contributed by atoms with Gasteiger partial charge < -0.3 is 10.1 Å². The Bertz CT molecular complexity index is 1190. The summed E-state index contributed by atoms with van der Waals surface area (Å²) in [6, 6.07) is 23.4. The predicted octanol–water partition coefficient (Wildman–Crippen LogP) is 4.20.